The topological polar surface area (TPSA) is 100 Å². The molecule has 0 unspecified atom stereocenters. The van der Waals surface area contributed by atoms with Gasteiger partial charge in [-0.3, -0.25) is 4.79 Å². The van der Waals surface area contributed by atoms with E-state index in [1.807, 2.05) is 6.92 Å². The monoisotopic (exact) mass is 473 g/mol. The molecule has 0 aromatic rings. The zero-order chi connectivity index (χ0) is 24.9. The van der Waals surface area contributed by atoms with Crippen LogP contribution in [-0.4, -0.2) is 56.8 Å². The van der Waals surface area contributed by atoms with E-state index in [-0.39, 0.29) is 11.6 Å². The molecule has 1 fully saturated rings. The van der Waals surface area contributed by atoms with Gasteiger partial charge in [-0.05, 0) is 52.2 Å². The van der Waals surface area contributed by atoms with Crippen LogP contribution in [0.4, 0.5) is 4.79 Å². The Bertz CT molecular complexity index is 666. The molecular weight excluding hydrogens is 430 g/mol. The first-order valence-corrected chi connectivity index (χ1v) is 14.4. The van der Waals surface area contributed by atoms with Crippen molar-refractivity contribution in [3.8, 4) is 0 Å². The summed E-state index contributed by atoms with van der Waals surface area (Å²) in [4.78, 5) is 38.2. The predicted octanol–water partition coefficient (Wildman–Crippen LogP) is 4.57. The van der Waals surface area contributed by atoms with Crippen LogP contribution in [0.2, 0.25) is 18.1 Å². The molecule has 0 saturated carbocycles. The van der Waals surface area contributed by atoms with Crippen molar-refractivity contribution in [2.24, 2.45) is 5.92 Å². The van der Waals surface area contributed by atoms with Crippen LogP contribution >= 0.6 is 0 Å². The number of amides is 1. The first kappa shape index (κ1) is 28.4. The smallest absolute Gasteiger partial charge is 0.408 e. The van der Waals surface area contributed by atoms with E-state index in [0.717, 1.165) is 12.8 Å². The van der Waals surface area contributed by atoms with Crippen molar-refractivity contribution in [3.05, 3.63) is 0 Å². The van der Waals surface area contributed by atoms with Gasteiger partial charge in [0.1, 0.15) is 18.3 Å². The Morgan fingerprint density at radius 1 is 1.12 bits per heavy atom. The lowest BCUT2D eigenvalue weighted by atomic mass is 9.96. The lowest BCUT2D eigenvalue weighted by Gasteiger charge is -2.40. The van der Waals surface area contributed by atoms with Crippen LogP contribution in [0.15, 0.2) is 0 Å². The molecular formula is C23H43NO7Si. The molecule has 1 aliphatic rings. The second-order valence-corrected chi connectivity index (χ2v) is 15.8. The highest BCUT2D eigenvalue weighted by Crippen LogP contribution is 2.39. The number of alkyl carbamates (subject to hydrolysis) is 1. The van der Waals surface area contributed by atoms with Gasteiger partial charge < -0.3 is 24.0 Å². The van der Waals surface area contributed by atoms with E-state index in [1.54, 1.807) is 27.7 Å². The number of rotatable bonds is 6. The Balaban J connectivity index is 3.17. The minimum atomic E-state index is -2.26. The molecule has 0 radical (unpaired) electrons. The van der Waals surface area contributed by atoms with Gasteiger partial charge in [0.05, 0.1) is 12.0 Å². The average Bonchev–Trinajstić information content (AvgIpc) is 2.63. The Labute approximate surface area is 194 Å². The summed E-state index contributed by atoms with van der Waals surface area (Å²) in [5, 5.41) is 2.41. The number of ether oxygens (including phenoxy) is 3. The van der Waals surface area contributed by atoms with Crippen molar-refractivity contribution in [3.63, 3.8) is 0 Å². The van der Waals surface area contributed by atoms with E-state index in [4.69, 9.17) is 18.6 Å². The van der Waals surface area contributed by atoms with Crippen LogP contribution in [-0.2, 0) is 28.2 Å². The summed E-state index contributed by atoms with van der Waals surface area (Å²) in [7, 11) is -2.26. The molecule has 4 atom stereocenters. The number of unbranched alkanes of at least 4 members (excludes halogenated alkanes) is 1. The van der Waals surface area contributed by atoms with Gasteiger partial charge in [-0.1, -0.05) is 40.5 Å². The molecule has 0 bridgehead atoms. The van der Waals surface area contributed by atoms with E-state index in [0.29, 0.717) is 6.42 Å². The van der Waals surface area contributed by atoms with E-state index in [9.17, 15) is 14.4 Å². The van der Waals surface area contributed by atoms with E-state index >= 15 is 0 Å². The Morgan fingerprint density at radius 2 is 1.72 bits per heavy atom. The Morgan fingerprint density at radius 3 is 2.22 bits per heavy atom. The highest BCUT2D eigenvalue weighted by atomic mass is 28.4. The van der Waals surface area contributed by atoms with Crippen LogP contribution in [0.25, 0.3) is 0 Å². The molecule has 8 nitrogen and oxygen atoms in total. The van der Waals surface area contributed by atoms with Gasteiger partial charge in [0.25, 0.3) is 0 Å². The lowest BCUT2D eigenvalue weighted by Crippen LogP contribution is -2.51. The number of nitrogens with one attached hydrogen (secondary N) is 1. The molecule has 1 rings (SSSR count). The number of hydrogen-bond acceptors (Lipinski definition) is 7. The third-order valence-electron chi connectivity index (χ3n) is 5.96. The number of esters is 2. The van der Waals surface area contributed by atoms with Gasteiger partial charge in [-0.15, -0.1) is 0 Å². The quantitative estimate of drug-likeness (QED) is 0.343. The first-order chi connectivity index (χ1) is 14.5. The fourth-order valence-electron chi connectivity index (χ4n) is 3.06. The maximum absolute atomic E-state index is 13.2. The fraction of sp³-hybridized carbons (Fsp3) is 0.870. The van der Waals surface area contributed by atoms with Crippen LogP contribution in [0.1, 0.15) is 74.7 Å². The number of hydrogen-bond donors (Lipinski definition) is 1. The molecule has 1 saturated heterocycles. The molecule has 32 heavy (non-hydrogen) atoms. The SMILES string of the molecule is CCCC[C@H]1C(=O)O[C@H](C)[C@H](NC(=O)OC(C)(C)C)C(=O)OC[C@@H]1O[Si](C)(C)C(C)(C)C. The summed E-state index contributed by atoms with van der Waals surface area (Å²) in [6, 6.07) is -1.17. The second kappa shape index (κ2) is 11.0. The molecule has 186 valence electrons. The molecule has 0 spiro atoms. The summed E-state index contributed by atoms with van der Waals surface area (Å²) >= 11 is 0. The largest absolute Gasteiger partial charge is 0.461 e. The van der Waals surface area contributed by atoms with Gasteiger partial charge in [-0.2, -0.15) is 0 Å². The summed E-state index contributed by atoms with van der Waals surface area (Å²) in [6.45, 7) is 19.2. The molecule has 1 heterocycles. The molecule has 0 aliphatic carbocycles. The standard InChI is InChI=1S/C23H43NO7Si/c1-11-12-13-16-17(31-32(9,10)23(6,7)8)14-28-20(26)18(15(2)29-19(16)25)24-21(27)30-22(3,4)5/h15-18H,11-14H2,1-10H3,(H,24,27)/t15-,16-,17+,18+/m1/s1. The third kappa shape index (κ3) is 8.39. The highest BCUT2D eigenvalue weighted by molar-refractivity contribution is 6.74. The van der Waals surface area contributed by atoms with Gasteiger partial charge >= 0.3 is 18.0 Å². The molecule has 1 aliphatic heterocycles. The van der Waals surface area contributed by atoms with Crippen molar-refractivity contribution in [2.45, 2.75) is 117 Å². The van der Waals surface area contributed by atoms with Gasteiger partial charge in [0.15, 0.2) is 14.4 Å². The van der Waals surface area contributed by atoms with Crippen molar-refractivity contribution in [1.82, 2.24) is 5.32 Å². The van der Waals surface area contributed by atoms with Crippen LogP contribution in [0, 0.1) is 5.92 Å². The van der Waals surface area contributed by atoms with Gasteiger partial charge in [0, 0.05) is 0 Å². The summed E-state index contributed by atoms with van der Waals surface area (Å²) < 4.78 is 23.0. The van der Waals surface area contributed by atoms with Gasteiger partial charge in [0.2, 0.25) is 0 Å². The third-order valence-corrected chi connectivity index (χ3v) is 10.5. The molecule has 0 aromatic carbocycles. The van der Waals surface area contributed by atoms with Crippen LogP contribution < -0.4 is 5.32 Å². The molecule has 0 aromatic heterocycles. The van der Waals surface area contributed by atoms with Crippen molar-refractivity contribution >= 4 is 26.3 Å². The van der Waals surface area contributed by atoms with E-state index in [1.165, 1.54) is 0 Å². The van der Waals surface area contributed by atoms with Gasteiger partial charge in [-0.25, -0.2) is 9.59 Å². The van der Waals surface area contributed by atoms with Crippen molar-refractivity contribution in [1.29, 1.82) is 0 Å². The lowest BCUT2D eigenvalue weighted by molar-refractivity contribution is -0.158. The van der Waals surface area contributed by atoms with Crippen LogP contribution in [0.5, 0.6) is 0 Å². The molecule has 1 N–H and O–H groups in total. The number of cyclic esters (lactones) is 2. The summed E-state index contributed by atoms with van der Waals surface area (Å²) in [6.07, 6.45) is -0.000493. The second-order valence-electron chi connectivity index (χ2n) is 11.1. The number of carbonyl (C=O) groups excluding carboxylic acids is 3. The first-order valence-electron chi connectivity index (χ1n) is 11.5. The number of carbonyl (C=O) groups is 3. The Hall–Kier alpha value is -1.61. The van der Waals surface area contributed by atoms with Crippen molar-refractivity contribution in [2.75, 3.05) is 6.61 Å². The van der Waals surface area contributed by atoms with Crippen LogP contribution in [0.3, 0.4) is 0 Å². The maximum Gasteiger partial charge on any atom is 0.408 e. The van der Waals surface area contributed by atoms with Crippen molar-refractivity contribution < 1.29 is 33.0 Å². The minimum absolute atomic E-state index is 0.0754. The molecule has 9 heteroatoms. The van der Waals surface area contributed by atoms with E-state index in [2.05, 4.69) is 39.2 Å². The Kier molecular flexibility index (Phi) is 9.77. The minimum Gasteiger partial charge on any atom is -0.461 e. The fourth-order valence-corrected chi connectivity index (χ4v) is 4.40. The highest BCUT2D eigenvalue weighted by Gasteiger charge is 2.45. The average molecular weight is 474 g/mol. The van der Waals surface area contributed by atoms with E-state index < -0.39 is 56.1 Å². The summed E-state index contributed by atoms with van der Waals surface area (Å²) in [5.74, 6) is -1.68. The summed E-state index contributed by atoms with van der Waals surface area (Å²) in [5.41, 5.74) is -0.736. The normalized spacial score (nSPS) is 25.7. The zero-order valence-electron chi connectivity index (χ0n) is 21.5. The zero-order valence-corrected chi connectivity index (χ0v) is 22.5. The molecule has 1 amide bonds. The predicted molar refractivity (Wildman–Crippen MR) is 125 cm³/mol. The maximum atomic E-state index is 13.2.